The van der Waals surface area contributed by atoms with Crippen LogP contribution < -0.4 is 4.90 Å². The summed E-state index contributed by atoms with van der Waals surface area (Å²) in [6, 6.07) is 10.3. The van der Waals surface area contributed by atoms with Crippen molar-refractivity contribution in [3.05, 3.63) is 58.1 Å². The molecule has 0 unspecified atom stereocenters. The molecule has 5 heteroatoms. The largest absolute Gasteiger partial charge is 0.369 e. The Morgan fingerprint density at radius 1 is 0.731 bits per heavy atom. The van der Waals surface area contributed by atoms with Gasteiger partial charge in [0.25, 0.3) is 0 Å². The topological polar surface area (TPSA) is 40.6 Å². The number of hydrogen-bond acceptors (Lipinski definition) is 3. The van der Waals surface area contributed by atoms with Gasteiger partial charge in [-0.05, 0) is 57.4 Å². The van der Waals surface area contributed by atoms with E-state index in [9.17, 15) is 8.42 Å². The average Bonchev–Trinajstić information content (AvgIpc) is 2.53. The fourth-order valence-corrected chi connectivity index (χ4v) is 5.87. The molecule has 0 amide bonds. The van der Waals surface area contributed by atoms with E-state index in [1.807, 2.05) is 32.9 Å². The fraction of sp³-hybridized carbons (Fsp3) is 0.429. The molecular weight excluding hydrogens is 344 g/mol. The van der Waals surface area contributed by atoms with Crippen molar-refractivity contribution in [1.82, 2.24) is 4.31 Å². The molecule has 4 nitrogen and oxygen atoms in total. The minimum absolute atomic E-state index is 0.475. The summed E-state index contributed by atoms with van der Waals surface area (Å²) in [4.78, 5) is 2.76. The molecular formula is C21H28N2O2S. The predicted octanol–water partition coefficient (Wildman–Crippen LogP) is 3.74. The monoisotopic (exact) mass is 372 g/mol. The van der Waals surface area contributed by atoms with E-state index in [1.165, 1.54) is 16.8 Å². The van der Waals surface area contributed by atoms with Gasteiger partial charge in [0, 0.05) is 31.9 Å². The van der Waals surface area contributed by atoms with E-state index in [4.69, 9.17) is 0 Å². The summed E-state index contributed by atoms with van der Waals surface area (Å²) in [5, 5.41) is 0. The Hall–Kier alpha value is -1.85. The molecule has 3 rings (SSSR count). The molecule has 26 heavy (non-hydrogen) atoms. The summed E-state index contributed by atoms with van der Waals surface area (Å²) >= 11 is 0. The Morgan fingerprint density at radius 3 is 1.81 bits per heavy atom. The van der Waals surface area contributed by atoms with Crippen molar-refractivity contribution in [2.45, 2.75) is 39.5 Å². The number of hydrogen-bond donors (Lipinski definition) is 0. The second kappa shape index (κ2) is 7.05. The molecule has 1 saturated heterocycles. The summed E-state index contributed by atoms with van der Waals surface area (Å²) < 4.78 is 28.0. The lowest BCUT2D eigenvalue weighted by molar-refractivity contribution is 0.384. The summed E-state index contributed by atoms with van der Waals surface area (Å²) in [5.41, 5.74) is 6.46. The maximum atomic E-state index is 13.2. The minimum atomic E-state index is -3.46. The van der Waals surface area contributed by atoms with Gasteiger partial charge in [-0.15, -0.1) is 0 Å². The number of rotatable bonds is 3. The van der Waals surface area contributed by atoms with Crippen LogP contribution in [-0.2, 0) is 10.0 Å². The van der Waals surface area contributed by atoms with Crippen LogP contribution in [0.5, 0.6) is 0 Å². The van der Waals surface area contributed by atoms with Crippen molar-refractivity contribution in [3.8, 4) is 0 Å². The Morgan fingerprint density at radius 2 is 1.27 bits per heavy atom. The highest BCUT2D eigenvalue weighted by atomic mass is 32.2. The molecule has 0 bridgehead atoms. The summed E-state index contributed by atoms with van der Waals surface area (Å²) in [5.74, 6) is 0. The van der Waals surface area contributed by atoms with Gasteiger partial charge in [-0.25, -0.2) is 8.42 Å². The van der Waals surface area contributed by atoms with Crippen LogP contribution in [0.25, 0.3) is 0 Å². The highest BCUT2D eigenvalue weighted by Crippen LogP contribution is 2.28. The second-order valence-electron chi connectivity index (χ2n) is 7.41. The number of piperazine rings is 1. The normalized spacial score (nSPS) is 16.1. The minimum Gasteiger partial charge on any atom is -0.369 e. The highest BCUT2D eigenvalue weighted by Gasteiger charge is 2.31. The zero-order valence-corrected chi connectivity index (χ0v) is 17.2. The number of benzene rings is 2. The quantitative estimate of drug-likeness (QED) is 0.824. The third kappa shape index (κ3) is 3.51. The fourth-order valence-electron chi connectivity index (χ4n) is 4.03. The molecule has 0 saturated carbocycles. The third-order valence-corrected chi connectivity index (χ3v) is 7.34. The lowest BCUT2D eigenvalue weighted by Gasteiger charge is -2.36. The van der Waals surface area contributed by atoms with Gasteiger partial charge in [0.05, 0.1) is 4.90 Å². The Balaban J connectivity index is 1.81. The van der Waals surface area contributed by atoms with E-state index >= 15 is 0 Å². The highest BCUT2D eigenvalue weighted by molar-refractivity contribution is 7.89. The molecule has 1 fully saturated rings. The van der Waals surface area contributed by atoms with Crippen LogP contribution in [-0.4, -0.2) is 38.9 Å². The first-order valence-corrected chi connectivity index (χ1v) is 10.5. The number of aryl methyl sites for hydroxylation is 5. The Kier molecular flexibility index (Phi) is 5.13. The van der Waals surface area contributed by atoms with Gasteiger partial charge in [-0.3, -0.25) is 0 Å². The van der Waals surface area contributed by atoms with E-state index in [-0.39, 0.29) is 0 Å². The summed E-state index contributed by atoms with van der Waals surface area (Å²) in [7, 11) is -3.46. The van der Waals surface area contributed by atoms with E-state index < -0.39 is 10.0 Å². The zero-order valence-electron chi connectivity index (χ0n) is 16.3. The molecule has 0 N–H and O–H groups in total. The first-order valence-electron chi connectivity index (χ1n) is 9.10. The van der Waals surface area contributed by atoms with E-state index in [0.29, 0.717) is 31.1 Å². The van der Waals surface area contributed by atoms with Crippen molar-refractivity contribution in [2.75, 3.05) is 31.1 Å². The molecule has 2 aromatic carbocycles. The Labute approximate surface area is 157 Å². The van der Waals surface area contributed by atoms with Gasteiger partial charge in [-0.1, -0.05) is 35.4 Å². The van der Waals surface area contributed by atoms with Crippen LogP contribution in [0.2, 0.25) is 0 Å². The van der Waals surface area contributed by atoms with Crippen molar-refractivity contribution in [3.63, 3.8) is 0 Å². The van der Waals surface area contributed by atoms with Crippen molar-refractivity contribution in [1.29, 1.82) is 0 Å². The molecule has 0 radical (unpaired) electrons. The lowest BCUT2D eigenvalue weighted by atomic mass is 10.1. The SMILES string of the molecule is Cc1ccc(N2CCN(S(=O)(=O)c3c(C)cc(C)cc3C)CC2)c(C)c1. The maximum Gasteiger partial charge on any atom is 0.243 e. The molecule has 140 valence electrons. The standard InChI is InChI=1S/C21H28N2O2S/c1-15-6-7-20(17(3)12-15)22-8-10-23(11-9-22)26(24,25)21-18(4)13-16(2)14-19(21)5/h6-7,12-14H,8-11H2,1-5H3. The number of anilines is 1. The maximum absolute atomic E-state index is 13.2. The average molecular weight is 373 g/mol. The van der Waals surface area contributed by atoms with Crippen LogP contribution in [0, 0.1) is 34.6 Å². The van der Waals surface area contributed by atoms with Crippen LogP contribution in [0.1, 0.15) is 27.8 Å². The van der Waals surface area contributed by atoms with Gasteiger partial charge in [0.2, 0.25) is 10.0 Å². The third-order valence-electron chi connectivity index (χ3n) is 5.13. The lowest BCUT2D eigenvalue weighted by Crippen LogP contribution is -2.49. The molecule has 1 aliphatic heterocycles. The van der Waals surface area contributed by atoms with Crippen molar-refractivity contribution in [2.24, 2.45) is 0 Å². The van der Waals surface area contributed by atoms with E-state index in [0.717, 1.165) is 16.7 Å². The summed E-state index contributed by atoms with van der Waals surface area (Å²) in [6.07, 6.45) is 0. The molecule has 1 heterocycles. The van der Waals surface area contributed by atoms with Gasteiger partial charge >= 0.3 is 0 Å². The van der Waals surface area contributed by atoms with Crippen LogP contribution in [0.3, 0.4) is 0 Å². The first-order chi connectivity index (χ1) is 12.2. The molecule has 0 aliphatic carbocycles. The van der Waals surface area contributed by atoms with Crippen LogP contribution in [0.15, 0.2) is 35.2 Å². The Bertz CT molecular complexity index is 904. The molecule has 0 aromatic heterocycles. The van der Waals surface area contributed by atoms with Crippen molar-refractivity contribution >= 4 is 15.7 Å². The van der Waals surface area contributed by atoms with Gasteiger partial charge in [0.15, 0.2) is 0 Å². The van der Waals surface area contributed by atoms with Crippen LogP contribution >= 0.6 is 0 Å². The van der Waals surface area contributed by atoms with Gasteiger partial charge in [0.1, 0.15) is 0 Å². The van der Waals surface area contributed by atoms with Gasteiger partial charge in [-0.2, -0.15) is 4.31 Å². The van der Waals surface area contributed by atoms with Crippen molar-refractivity contribution < 1.29 is 8.42 Å². The zero-order chi connectivity index (χ0) is 19.1. The predicted molar refractivity (Wildman–Crippen MR) is 108 cm³/mol. The van der Waals surface area contributed by atoms with Gasteiger partial charge < -0.3 is 4.90 Å². The number of sulfonamides is 1. The molecule has 1 aliphatic rings. The smallest absolute Gasteiger partial charge is 0.243 e. The number of nitrogens with zero attached hydrogens (tertiary/aromatic N) is 2. The second-order valence-corrected chi connectivity index (χ2v) is 9.28. The first kappa shape index (κ1) is 18.9. The molecule has 0 atom stereocenters. The summed E-state index contributed by atoms with van der Waals surface area (Å²) in [6.45, 7) is 12.4. The molecule has 0 spiro atoms. The molecule has 2 aromatic rings. The van der Waals surface area contributed by atoms with Crippen LogP contribution in [0.4, 0.5) is 5.69 Å². The van der Waals surface area contributed by atoms with E-state index in [2.05, 4.69) is 36.9 Å². The van der Waals surface area contributed by atoms with E-state index in [1.54, 1.807) is 4.31 Å².